The topological polar surface area (TPSA) is 40.6 Å². The molecule has 0 bridgehead atoms. The van der Waals surface area contributed by atoms with Gasteiger partial charge in [0, 0.05) is 56.1 Å². The van der Waals surface area contributed by atoms with Crippen molar-refractivity contribution in [1.82, 2.24) is 9.88 Å². The summed E-state index contributed by atoms with van der Waals surface area (Å²) in [5.74, 6) is 0.866. The van der Waals surface area contributed by atoms with Crippen molar-refractivity contribution in [3.05, 3.63) is 58.2 Å². The highest BCUT2D eigenvalue weighted by atomic mass is 35.5. The molecule has 1 fully saturated rings. The summed E-state index contributed by atoms with van der Waals surface area (Å²) in [6, 6.07) is 12.1. The molecule has 0 atom stereocenters. The van der Waals surface area contributed by atoms with Crippen molar-refractivity contribution in [3.63, 3.8) is 0 Å². The Morgan fingerprint density at radius 1 is 0.941 bits per heavy atom. The first-order chi connectivity index (χ1) is 16.5. The van der Waals surface area contributed by atoms with Crippen molar-refractivity contribution in [3.8, 4) is 5.75 Å². The van der Waals surface area contributed by atoms with Gasteiger partial charge >= 0.3 is 0 Å². The van der Waals surface area contributed by atoms with Crippen molar-refractivity contribution >= 4 is 45.5 Å². The second-order valence-electron chi connectivity index (χ2n) is 8.97. The number of unbranched alkanes of at least 4 members (excludes halogenated alkanes) is 3. The predicted octanol–water partition coefficient (Wildman–Crippen LogP) is 6.65. The Balaban J connectivity index is 1.14. The van der Waals surface area contributed by atoms with Crippen LogP contribution in [0.2, 0.25) is 10.0 Å². The summed E-state index contributed by atoms with van der Waals surface area (Å²) in [5, 5.41) is 5.96. The Hall–Kier alpha value is -2.21. The molecule has 1 aromatic heterocycles. The molecule has 7 heteroatoms. The van der Waals surface area contributed by atoms with Gasteiger partial charge in [-0.2, -0.15) is 0 Å². The van der Waals surface area contributed by atoms with Crippen LogP contribution in [0.1, 0.15) is 31.2 Å². The quantitative estimate of drug-likeness (QED) is 0.315. The monoisotopic (exact) mass is 500 g/mol. The first kappa shape index (κ1) is 24.9. The van der Waals surface area contributed by atoms with E-state index in [1.807, 2.05) is 30.5 Å². The number of aryl methyl sites for hydroxylation is 1. The lowest BCUT2D eigenvalue weighted by Crippen LogP contribution is -2.46. The van der Waals surface area contributed by atoms with Gasteiger partial charge < -0.3 is 15.0 Å². The number of aromatic nitrogens is 1. The standard InChI is InChI=1S/C27H34Cl2N4O/c1-20-9-11-31-27-23(20)18-22(34-2)19-26(27)30-10-5-3-4-6-12-32-13-15-33(16-14-32)21-7-8-24(28)25(29)17-21/h7-9,11,17-19,30H,3-6,10,12-16H2,1-2H3. The van der Waals surface area contributed by atoms with Gasteiger partial charge in [-0.3, -0.25) is 9.88 Å². The maximum Gasteiger partial charge on any atom is 0.121 e. The molecule has 0 unspecified atom stereocenters. The number of fused-ring (bicyclic) bond motifs is 1. The number of halogens is 2. The van der Waals surface area contributed by atoms with Gasteiger partial charge in [0.25, 0.3) is 0 Å². The van der Waals surface area contributed by atoms with Crippen LogP contribution < -0.4 is 15.0 Å². The summed E-state index contributed by atoms with van der Waals surface area (Å²) < 4.78 is 5.49. The third-order valence-corrected chi connectivity index (χ3v) is 7.37. The molecule has 0 saturated carbocycles. The predicted molar refractivity (Wildman–Crippen MR) is 145 cm³/mol. The van der Waals surface area contributed by atoms with Crippen LogP contribution in [-0.4, -0.2) is 56.3 Å². The van der Waals surface area contributed by atoms with Crippen LogP contribution in [0.25, 0.3) is 10.9 Å². The van der Waals surface area contributed by atoms with Crippen LogP contribution >= 0.6 is 23.2 Å². The molecule has 1 aliphatic heterocycles. The number of hydrogen-bond donors (Lipinski definition) is 1. The third-order valence-electron chi connectivity index (χ3n) is 6.63. The highest BCUT2D eigenvalue weighted by Crippen LogP contribution is 2.30. The zero-order chi connectivity index (χ0) is 23.9. The molecule has 2 aromatic carbocycles. The van der Waals surface area contributed by atoms with Gasteiger partial charge in [0.1, 0.15) is 5.75 Å². The van der Waals surface area contributed by atoms with E-state index in [9.17, 15) is 0 Å². The van der Waals surface area contributed by atoms with Gasteiger partial charge in [-0.1, -0.05) is 36.0 Å². The number of anilines is 2. The first-order valence-electron chi connectivity index (χ1n) is 12.1. The number of rotatable bonds is 10. The maximum atomic E-state index is 6.18. The lowest BCUT2D eigenvalue weighted by atomic mass is 10.1. The van der Waals surface area contributed by atoms with Gasteiger partial charge in [0.05, 0.1) is 28.4 Å². The minimum absolute atomic E-state index is 0.614. The summed E-state index contributed by atoms with van der Waals surface area (Å²) >= 11 is 12.2. The molecule has 2 heterocycles. The molecule has 182 valence electrons. The van der Waals surface area contributed by atoms with Crippen molar-refractivity contribution in [2.75, 3.05) is 56.6 Å². The Labute approximate surface area is 213 Å². The van der Waals surface area contributed by atoms with E-state index in [-0.39, 0.29) is 0 Å². The number of hydrogen-bond acceptors (Lipinski definition) is 5. The number of methoxy groups -OCH3 is 1. The van der Waals surface area contributed by atoms with Gasteiger partial charge in [-0.15, -0.1) is 0 Å². The fraction of sp³-hybridized carbons (Fsp3) is 0.444. The van der Waals surface area contributed by atoms with E-state index in [0.29, 0.717) is 10.0 Å². The molecular formula is C27H34Cl2N4O. The van der Waals surface area contributed by atoms with Crippen molar-refractivity contribution < 1.29 is 4.74 Å². The Kier molecular flexibility index (Phi) is 8.76. The van der Waals surface area contributed by atoms with E-state index in [2.05, 4.69) is 39.2 Å². The molecular weight excluding hydrogens is 467 g/mol. The Bertz CT molecular complexity index is 1100. The van der Waals surface area contributed by atoms with E-state index >= 15 is 0 Å². The first-order valence-corrected chi connectivity index (χ1v) is 12.9. The minimum atomic E-state index is 0.614. The SMILES string of the molecule is COc1cc(NCCCCCCN2CCN(c3ccc(Cl)c(Cl)c3)CC2)c2nccc(C)c2c1. The highest BCUT2D eigenvalue weighted by Gasteiger charge is 2.17. The Morgan fingerprint density at radius 2 is 1.74 bits per heavy atom. The van der Waals surface area contributed by atoms with Gasteiger partial charge in [-0.25, -0.2) is 0 Å². The molecule has 5 nitrogen and oxygen atoms in total. The van der Waals surface area contributed by atoms with Gasteiger partial charge in [-0.05, 0) is 62.2 Å². The van der Waals surface area contributed by atoms with Crippen LogP contribution in [0.5, 0.6) is 5.75 Å². The summed E-state index contributed by atoms with van der Waals surface area (Å²) in [7, 11) is 1.71. The normalized spacial score (nSPS) is 14.5. The molecule has 0 aliphatic carbocycles. The average molecular weight is 502 g/mol. The smallest absolute Gasteiger partial charge is 0.121 e. The second kappa shape index (κ2) is 12.0. The number of ether oxygens (including phenoxy) is 1. The van der Waals surface area contributed by atoms with Crippen molar-refractivity contribution in [1.29, 1.82) is 0 Å². The summed E-state index contributed by atoms with van der Waals surface area (Å²) in [6.45, 7) is 8.48. The number of nitrogens with one attached hydrogen (secondary N) is 1. The Morgan fingerprint density at radius 3 is 2.50 bits per heavy atom. The van der Waals surface area contributed by atoms with Gasteiger partial charge in [0.2, 0.25) is 0 Å². The van der Waals surface area contributed by atoms with Crippen LogP contribution in [0.4, 0.5) is 11.4 Å². The van der Waals surface area contributed by atoms with E-state index in [1.54, 1.807) is 7.11 Å². The van der Waals surface area contributed by atoms with Crippen LogP contribution in [0.3, 0.4) is 0 Å². The molecule has 3 aromatic rings. The van der Waals surface area contributed by atoms with Crippen LogP contribution in [-0.2, 0) is 0 Å². The highest BCUT2D eigenvalue weighted by molar-refractivity contribution is 6.42. The maximum absolute atomic E-state index is 6.18. The second-order valence-corrected chi connectivity index (χ2v) is 9.78. The number of pyridine rings is 1. The zero-order valence-corrected chi connectivity index (χ0v) is 21.6. The van der Waals surface area contributed by atoms with E-state index in [4.69, 9.17) is 27.9 Å². The fourth-order valence-electron chi connectivity index (χ4n) is 4.56. The van der Waals surface area contributed by atoms with Gasteiger partial charge in [0.15, 0.2) is 0 Å². The van der Waals surface area contributed by atoms with Crippen LogP contribution in [0, 0.1) is 6.92 Å². The fourth-order valence-corrected chi connectivity index (χ4v) is 4.85. The number of benzene rings is 2. The number of piperazine rings is 1. The molecule has 4 rings (SSSR count). The van der Waals surface area contributed by atoms with E-state index < -0.39 is 0 Å². The minimum Gasteiger partial charge on any atom is -0.497 e. The van der Waals surface area contributed by atoms with Crippen LogP contribution in [0.15, 0.2) is 42.6 Å². The third kappa shape index (κ3) is 6.26. The average Bonchev–Trinajstić information content (AvgIpc) is 2.85. The lowest BCUT2D eigenvalue weighted by Gasteiger charge is -2.36. The largest absolute Gasteiger partial charge is 0.497 e. The molecule has 34 heavy (non-hydrogen) atoms. The van der Waals surface area contributed by atoms with E-state index in [1.165, 1.54) is 31.4 Å². The summed E-state index contributed by atoms with van der Waals surface area (Å²) in [5.41, 5.74) is 4.44. The van der Waals surface area contributed by atoms with E-state index in [0.717, 1.165) is 67.2 Å². The van der Waals surface area contributed by atoms with Crippen molar-refractivity contribution in [2.24, 2.45) is 0 Å². The molecule has 1 saturated heterocycles. The summed E-state index contributed by atoms with van der Waals surface area (Å²) in [4.78, 5) is 9.55. The molecule has 0 spiro atoms. The molecule has 1 aliphatic rings. The number of nitrogens with zero attached hydrogens (tertiary/aromatic N) is 3. The molecule has 1 N–H and O–H groups in total. The van der Waals surface area contributed by atoms with Crippen molar-refractivity contribution in [2.45, 2.75) is 32.6 Å². The summed E-state index contributed by atoms with van der Waals surface area (Å²) in [6.07, 6.45) is 6.75. The molecule has 0 amide bonds. The molecule has 0 radical (unpaired) electrons. The zero-order valence-electron chi connectivity index (χ0n) is 20.1. The lowest BCUT2D eigenvalue weighted by molar-refractivity contribution is 0.252.